The van der Waals surface area contributed by atoms with Crippen LogP contribution in [0.4, 0.5) is 0 Å². The SMILES string of the molecule is CCNC(=NCCNC(=O)C1CC1)N1CCC(COCc2ccccc2)C1.I. The quantitative estimate of drug-likeness (QED) is 0.237. The molecule has 1 atom stereocenters. The highest BCUT2D eigenvalue weighted by Crippen LogP contribution is 2.28. The average Bonchev–Trinajstić information content (AvgIpc) is 3.44. The molecular formula is C21H33IN4O2. The number of nitrogens with one attached hydrogen (secondary N) is 2. The molecule has 0 radical (unpaired) electrons. The summed E-state index contributed by atoms with van der Waals surface area (Å²) >= 11 is 0. The van der Waals surface area contributed by atoms with Crippen molar-refractivity contribution in [3.8, 4) is 0 Å². The third-order valence-corrected chi connectivity index (χ3v) is 5.01. The van der Waals surface area contributed by atoms with Gasteiger partial charge in [0.15, 0.2) is 5.96 Å². The van der Waals surface area contributed by atoms with E-state index < -0.39 is 0 Å². The molecule has 1 heterocycles. The number of carbonyl (C=O) groups excluding carboxylic acids is 1. The molecule has 7 heteroatoms. The summed E-state index contributed by atoms with van der Waals surface area (Å²) in [5.74, 6) is 1.93. The van der Waals surface area contributed by atoms with Gasteiger partial charge in [0.25, 0.3) is 0 Å². The van der Waals surface area contributed by atoms with Gasteiger partial charge in [-0.2, -0.15) is 0 Å². The summed E-state index contributed by atoms with van der Waals surface area (Å²) in [6.45, 7) is 7.58. The molecule has 2 fully saturated rings. The summed E-state index contributed by atoms with van der Waals surface area (Å²) in [7, 11) is 0. The van der Waals surface area contributed by atoms with Gasteiger partial charge in [0, 0.05) is 38.0 Å². The number of nitrogens with zero attached hydrogens (tertiary/aromatic N) is 2. The van der Waals surface area contributed by atoms with Gasteiger partial charge in [0.05, 0.1) is 19.8 Å². The van der Waals surface area contributed by atoms with Crippen LogP contribution in [-0.4, -0.2) is 56.1 Å². The summed E-state index contributed by atoms with van der Waals surface area (Å²) in [6, 6.07) is 10.3. The van der Waals surface area contributed by atoms with Gasteiger partial charge in [-0.3, -0.25) is 9.79 Å². The molecule has 6 nitrogen and oxygen atoms in total. The van der Waals surface area contributed by atoms with Gasteiger partial charge >= 0.3 is 0 Å². The van der Waals surface area contributed by atoms with Crippen LogP contribution in [-0.2, 0) is 16.1 Å². The van der Waals surface area contributed by atoms with Gasteiger partial charge in [-0.1, -0.05) is 30.3 Å². The molecule has 0 bridgehead atoms. The first-order valence-electron chi connectivity index (χ1n) is 10.2. The van der Waals surface area contributed by atoms with Crippen molar-refractivity contribution in [2.24, 2.45) is 16.8 Å². The second kappa shape index (κ2) is 12.3. The highest BCUT2D eigenvalue weighted by Gasteiger charge is 2.29. The van der Waals surface area contributed by atoms with Crippen molar-refractivity contribution < 1.29 is 9.53 Å². The van der Waals surface area contributed by atoms with Gasteiger partial charge in [-0.05, 0) is 31.7 Å². The minimum absolute atomic E-state index is 0. The lowest BCUT2D eigenvalue weighted by Crippen LogP contribution is -2.41. The number of ether oxygens (including phenoxy) is 1. The molecule has 1 aromatic rings. The number of halogens is 1. The number of hydrogen-bond donors (Lipinski definition) is 2. The van der Waals surface area contributed by atoms with Gasteiger partial charge < -0.3 is 20.3 Å². The summed E-state index contributed by atoms with van der Waals surface area (Å²) in [5, 5.41) is 6.35. The van der Waals surface area contributed by atoms with E-state index in [2.05, 4.69) is 39.6 Å². The Morgan fingerprint density at radius 1 is 1.21 bits per heavy atom. The monoisotopic (exact) mass is 500 g/mol. The van der Waals surface area contributed by atoms with E-state index in [1.807, 2.05) is 18.2 Å². The maximum absolute atomic E-state index is 11.7. The highest BCUT2D eigenvalue weighted by molar-refractivity contribution is 14.0. The standard InChI is InChI=1S/C21H32N4O2.HI/c1-2-22-21(24-12-11-23-20(26)19-8-9-19)25-13-10-18(14-25)16-27-15-17-6-4-3-5-7-17;/h3-7,18-19H,2,8-16H2,1H3,(H,22,24)(H,23,26);1H. The molecule has 1 unspecified atom stereocenters. The number of guanidine groups is 1. The van der Waals surface area contributed by atoms with E-state index in [0.29, 0.717) is 25.6 Å². The van der Waals surface area contributed by atoms with Crippen LogP contribution in [0.15, 0.2) is 35.3 Å². The van der Waals surface area contributed by atoms with Gasteiger partial charge in [-0.15, -0.1) is 24.0 Å². The molecule has 2 aliphatic rings. The Kier molecular flexibility index (Phi) is 10.0. The molecule has 1 saturated heterocycles. The highest BCUT2D eigenvalue weighted by atomic mass is 127. The lowest BCUT2D eigenvalue weighted by molar-refractivity contribution is -0.122. The number of likely N-dealkylation sites (tertiary alicyclic amines) is 1. The zero-order chi connectivity index (χ0) is 18.9. The Morgan fingerprint density at radius 3 is 2.71 bits per heavy atom. The second-order valence-electron chi connectivity index (χ2n) is 7.40. The minimum atomic E-state index is 0. The van der Waals surface area contributed by atoms with Crippen LogP contribution in [0.3, 0.4) is 0 Å². The maximum Gasteiger partial charge on any atom is 0.223 e. The van der Waals surface area contributed by atoms with E-state index in [1.165, 1.54) is 5.56 Å². The van der Waals surface area contributed by atoms with Crippen LogP contribution >= 0.6 is 24.0 Å². The Balaban J connectivity index is 0.00000280. The van der Waals surface area contributed by atoms with Crippen LogP contribution in [0, 0.1) is 11.8 Å². The van der Waals surface area contributed by atoms with Crippen molar-refractivity contribution in [1.29, 1.82) is 0 Å². The number of benzene rings is 1. The molecule has 1 amide bonds. The summed E-state index contributed by atoms with van der Waals surface area (Å²) < 4.78 is 5.91. The predicted molar refractivity (Wildman–Crippen MR) is 123 cm³/mol. The average molecular weight is 500 g/mol. The Labute approximate surface area is 185 Å². The second-order valence-corrected chi connectivity index (χ2v) is 7.40. The molecule has 1 aliphatic carbocycles. The van der Waals surface area contributed by atoms with E-state index in [1.54, 1.807) is 0 Å². The van der Waals surface area contributed by atoms with Crippen molar-refractivity contribution in [3.63, 3.8) is 0 Å². The first kappa shape index (κ1) is 22.9. The minimum Gasteiger partial charge on any atom is -0.376 e. The molecule has 2 N–H and O–H groups in total. The lowest BCUT2D eigenvalue weighted by Gasteiger charge is -2.21. The number of hydrogen-bond acceptors (Lipinski definition) is 3. The van der Waals surface area contributed by atoms with Crippen molar-refractivity contribution in [3.05, 3.63) is 35.9 Å². The lowest BCUT2D eigenvalue weighted by atomic mass is 10.1. The summed E-state index contributed by atoms with van der Waals surface area (Å²) in [5.41, 5.74) is 1.22. The molecule has 28 heavy (non-hydrogen) atoms. The van der Waals surface area contributed by atoms with E-state index in [9.17, 15) is 4.79 Å². The van der Waals surface area contributed by atoms with Crippen LogP contribution < -0.4 is 10.6 Å². The van der Waals surface area contributed by atoms with Gasteiger partial charge in [-0.25, -0.2) is 0 Å². The Bertz CT molecular complexity index is 622. The van der Waals surface area contributed by atoms with Crippen LogP contribution in [0.5, 0.6) is 0 Å². The maximum atomic E-state index is 11.7. The first-order valence-corrected chi connectivity index (χ1v) is 10.2. The summed E-state index contributed by atoms with van der Waals surface area (Å²) in [4.78, 5) is 18.7. The third kappa shape index (κ3) is 7.58. The van der Waals surface area contributed by atoms with E-state index in [4.69, 9.17) is 4.74 Å². The topological polar surface area (TPSA) is 66.0 Å². The van der Waals surface area contributed by atoms with Gasteiger partial charge in [0.2, 0.25) is 5.91 Å². The van der Waals surface area contributed by atoms with E-state index in [0.717, 1.165) is 51.5 Å². The number of amides is 1. The van der Waals surface area contributed by atoms with Crippen LogP contribution in [0.2, 0.25) is 0 Å². The van der Waals surface area contributed by atoms with Crippen molar-refractivity contribution in [2.45, 2.75) is 32.8 Å². The van der Waals surface area contributed by atoms with Gasteiger partial charge in [0.1, 0.15) is 0 Å². The largest absolute Gasteiger partial charge is 0.376 e. The van der Waals surface area contributed by atoms with Crippen LogP contribution in [0.1, 0.15) is 31.7 Å². The molecule has 0 aromatic heterocycles. The molecule has 156 valence electrons. The smallest absolute Gasteiger partial charge is 0.223 e. The fraction of sp³-hybridized carbons (Fsp3) is 0.619. The van der Waals surface area contributed by atoms with Crippen LogP contribution in [0.25, 0.3) is 0 Å². The molecule has 1 aliphatic heterocycles. The van der Waals surface area contributed by atoms with E-state index in [-0.39, 0.29) is 35.8 Å². The molecule has 3 rings (SSSR count). The molecule has 1 aromatic carbocycles. The molecule has 0 spiro atoms. The number of carbonyl (C=O) groups is 1. The fourth-order valence-electron chi connectivity index (χ4n) is 3.34. The van der Waals surface area contributed by atoms with Crippen molar-refractivity contribution in [1.82, 2.24) is 15.5 Å². The third-order valence-electron chi connectivity index (χ3n) is 5.01. The predicted octanol–water partition coefficient (Wildman–Crippen LogP) is 2.63. The zero-order valence-electron chi connectivity index (χ0n) is 16.7. The zero-order valence-corrected chi connectivity index (χ0v) is 19.1. The number of rotatable bonds is 9. The first-order chi connectivity index (χ1) is 13.3. The molecular weight excluding hydrogens is 467 g/mol. The van der Waals surface area contributed by atoms with Crippen molar-refractivity contribution >= 4 is 35.8 Å². The Hall–Kier alpha value is -1.35. The molecule has 1 saturated carbocycles. The van der Waals surface area contributed by atoms with E-state index >= 15 is 0 Å². The Morgan fingerprint density at radius 2 is 2.00 bits per heavy atom. The fourth-order valence-corrected chi connectivity index (χ4v) is 3.34. The number of aliphatic imine (C=N–C) groups is 1. The van der Waals surface area contributed by atoms with Crippen molar-refractivity contribution in [2.75, 3.05) is 39.3 Å². The normalized spacial score (nSPS) is 19.2. The summed E-state index contributed by atoms with van der Waals surface area (Å²) in [6.07, 6.45) is 3.20.